The van der Waals surface area contributed by atoms with Crippen molar-refractivity contribution in [2.45, 2.75) is 116 Å². The van der Waals surface area contributed by atoms with E-state index in [-0.39, 0.29) is 6.61 Å². The fraction of sp³-hybridized carbons (Fsp3) is 0.793. The van der Waals surface area contributed by atoms with Gasteiger partial charge >= 0.3 is 7.12 Å². The molecule has 0 saturated heterocycles. The molecule has 0 bridgehead atoms. The summed E-state index contributed by atoms with van der Waals surface area (Å²) in [6.07, 6.45) is 19.0. The van der Waals surface area contributed by atoms with E-state index in [1.807, 2.05) is 21.1 Å². The van der Waals surface area contributed by atoms with E-state index in [0.717, 1.165) is 19.3 Å². The molecule has 2 N–H and O–H groups in total. The van der Waals surface area contributed by atoms with E-state index >= 15 is 0 Å². The summed E-state index contributed by atoms with van der Waals surface area (Å²) >= 11 is 0. The summed E-state index contributed by atoms with van der Waals surface area (Å²) in [6.45, 7) is 2.87. The van der Waals surface area contributed by atoms with E-state index in [2.05, 4.69) is 6.92 Å². The van der Waals surface area contributed by atoms with Crippen LogP contribution in [0.1, 0.15) is 121 Å². The number of rotatable bonds is 24. The minimum absolute atomic E-state index is 0.0611. The van der Waals surface area contributed by atoms with Gasteiger partial charge in [0.2, 0.25) is 0 Å². The highest BCUT2D eigenvalue weighted by Gasteiger charge is 2.22. The largest absolute Gasteiger partial charge is 0.756 e. The topological polar surface area (TPSA) is 99.1 Å². The fourth-order valence-electron chi connectivity index (χ4n) is 4.48. The highest BCUT2D eigenvalue weighted by Crippen LogP contribution is 2.45. The number of nitrogens with zero attached hydrogens (tertiary/aromatic N) is 1. The normalized spacial score (nSPS) is 14.4. The summed E-state index contributed by atoms with van der Waals surface area (Å²) in [5.41, 5.74) is 1.04. The third kappa shape index (κ3) is 18.5. The number of hydrogen-bond donors (Lipinski definition) is 2. The molecule has 0 radical (unpaired) electrons. The second-order valence-electron chi connectivity index (χ2n) is 11.7. The molecule has 0 amide bonds. The average molecular weight is 556 g/mol. The zero-order chi connectivity index (χ0) is 28.3. The van der Waals surface area contributed by atoms with E-state index in [9.17, 15) is 19.5 Å². The van der Waals surface area contributed by atoms with Crippen molar-refractivity contribution in [2.24, 2.45) is 0 Å². The lowest BCUT2D eigenvalue weighted by atomic mass is 9.80. The maximum absolute atomic E-state index is 12.5. The van der Waals surface area contributed by atoms with Gasteiger partial charge in [0.05, 0.1) is 27.2 Å². The van der Waals surface area contributed by atoms with Gasteiger partial charge in [0.1, 0.15) is 13.2 Å². The van der Waals surface area contributed by atoms with Crippen LogP contribution >= 0.6 is 7.82 Å². The zero-order valence-corrected chi connectivity index (χ0v) is 25.5. The van der Waals surface area contributed by atoms with Gasteiger partial charge in [0.15, 0.2) is 0 Å². The van der Waals surface area contributed by atoms with Crippen LogP contribution in [0.15, 0.2) is 24.3 Å². The lowest BCUT2D eigenvalue weighted by Crippen LogP contribution is -2.37. The molecule has 0 aromatic heterocycles. The second-order valence-corrected chi connectivity index (χ2v) is 13.0. The van der Waals surface area contributed by atoms with Crippen molar-refractivity contribution in [1.29, 1.82) is 0 Å². The van der Waals surface area contributed by atoms with Gasteiger partial charge in [-0.15, -0.1) is 0 Å². The summed E-state index contributed by atoms with van der Waals surface area (Å²) in [5, 5.41) is 18.7. The smallest absolute Gasteiger partial charge is 0.488 e. The maximum Gasteiger partial charge on any atom is 0.488 e. The monoisotopic (exact) mass is 555 g/mol. The second kappa shape index (κ2) is 20.2. The molecule has 9 heteroatoms. The summed E-state index contributed by atoms with van der Waals surface area (Å²) in [7, 11) is -0.140. The van der Waals surface area contributed by atoms with Crippen molar-refractivity contribution in [3.8, 4) is 0 Å². The van der Waals surface area contributed by atoms with Crippen molar-refractivity contribution >= 4 is 20.4 Å². The van der Waals surface area contributed by atoms with E-state index in [0.29, 0.717) is 28.5 Å². The predicted molar refractivity (Wildman–Crippen MR) is 156 cm³/mol. The Morgan fingerprint density at radius 2 is 1.26 bits per heavy atom. The van der Waals surface area contributed by atoms with Crippen LogP contribution in [0, 0.1) is 0 Å². The first-order chi connectivity index (χ1) is 18.0. The van der Waals surface area contributed by atoms with Gasteiger partial charge < -0.3 is 28.5 Å². The minimum atomic E-state index is -4.48. The Labute approximate surface area is 233 Å². The van der Waals surface area contributed by atoms with Crippen LogP contribution in [-0.4, -0.2) is 55.9 Å². The third-order valence-corrected chi connectivity index (χ3v) is 7.96. The molecule has 2 atom stereocenters. The average Bonchev–Trinajstić information content (AvgIpc) is 2.84. The van der Waals surface area contributed by atoms with Crippen LogP contribution in [0.5, 0.6) is 0 Å². The molecule has 0 fully saturated rings. The Kier molecular flexibility index (Phi) is 18.8. The first kappa shape index (κ1) is 35.3. The van der Waals surface area contributed by atoms with Crippen LogP contribution in [0.4, 0.5) is 0 Å². The molecule has 0 aliphatic rings. The summed E-state index contributed by atoms with van der Waals surface area (Å²) in [4.78, 5) is 12.5. The van der Waals surface area contributed by atoms with E-state index in [1.54, 1.807) is 24.3 Å². The molecule has 0 heterocycles. The van der Waals surface area contributed by atoms with E-state index < -0.39 is 21.0 Å². The Bertz CT molecular complexity index is 756. The number of phosphoric acid groups is 1. The molecule has 1 rings (SSSR count). The van der Waals surface area contributed by atoms with Crippen molar-refractivity contribution in [2.75, 3.05) is 34.3 Å². The van der Waals surface area contributed by atoms with Crippen molar-refractivity contribution in [3.63, 3.8) is 0 Å². The maximum atomic E-state index is 12.5. The molecule has 7 nitrogen and oxygen atoms in total. The molecule has 1 aromatic rings. The van der Waals surface area contributed by atoms with Crippen LogP contribution < -0.4 is 10.4 Å². The Balaban J connectivity index is 2.36. The standard InChI is InChI=1S/C29H55BNO6P/c1-5-6-7-8-9-10-11-12-13-14-15-16-17-18-19-20-29(27-21-23-28(24-22-27)30(32)33)37-38(34,35)36-26-25-31(2,3)4/h21-24,29,32-33H,5-20,25-26H2,1-4H3. The van der Waals surface area contributed by atoms with Gasteiger partial charge in [-0.25, -0.2) is 0 Å². The number of unbranched alkanes of at least 4 members (excludes halogenated alkanes) is 14. The summed E-state index contributed by atoms with van der Waals surface area (Å²) in [5.74, 6) is 0. The van der Waals surface area contributed by atoms with Crippen LogP contribution in [0.25, 0.3) is 0 Å². The summed E-state index contributed by atoms with van der Waals surface area (Å²) in [6, 6.07) is 6.54. The quantitative estimate of drug-likeness (QED) is 0.0716. The molecule has 2 unspecified atom stereocenters. The number of quaternary nitrogens is 1. The van der Waals surface area contributed by atoms with Crippen LogP contribution in [-0.2, 0) is 13.6 Å². The van der Waals surface area contributed by atoms with E-state index in [1.165, 1.54) is 77.0 Å². The lowest BCUT2D eigenvalue weighted by Gasteiger charge is -2.30. The van der Waals surface area contributed by atoms with Crippen LogP contribution in [0.2, 0.25) is 0 Å². The zero-order valence-electron chi connectivity index (χ0n) is 24.6. The molecular weight excluding hydrogens is 500 g/mol. The minimum Gasteiger partial charge on any atom is -0.756 e. The number of benzene rings is 1. The molecule has 0 aliphatic heterocycles. The first-order valence-electron chi connectivity index (χ1n) is 14.9. The molecule has 0 spiro atoms. The Morgan fingerprint density at radius 3 is 1.68 bits per heavy atom. The highest BCUT2D eigenvalue weighted by molar-refractivity contribution is 7.45. The van der Waals surface area contributed by atoms with Gasteiger partial charge in [0.25, 0.3) is 7.82 Å². The fourth-order valence-corrected chi connectivity index (χ4v) is 5.38. The van der Waals surface area contributed by atoms with Gasteiger partial charge in [-0.2, -0.15) is 0 Å². The third-order valence-electron chi connectivity index (χ3n) is 6.94. The van der Waals surface area contributed by atoms with Gasteiger partial charge in [-0.3, -0.25) is 4.57 Å². The highest BCUT2D eigenvalue weighted by atomic mass is 31.2. The molecule has 1 aromatic carbocycles. The Morgan fingerprint density at radius 1 is 0.816 bits per heavy atom. The van der Waals surface area contributed by atoms with E-state index in [4.69, 9.17) is 9.05 Å². The Hall–Kier alpha value is -0.725. The van der Waals surface area contributed by atoms with Gasteiger partial charge in [0, 0.05) is 0 Å². The van der Waals surface area contributed by atoms with Crippen molar-refractivity contribution in [3.05, 3.63) is 29.8 Å². The van der Waals surface area contributed by atoms with Gasteiger partial charge in [-0.05, 0) is 17.4 Å². The molecule has 0 aliphatic carbocycles. The number of phosphoric ester groups is 1. The van der Waals surface area contributed by atoms with Crippen LogP contribution in [0.3, 0.4) is 0 Å². The number of likely N-dealkylation sites (N-methyl/N-ethyl adjacent to an activating group) is 1. The van der Waals surface area contributed by atoms with Crippen molar-refractivity contribution < 1.29 is 33.0 Å². The van der Waals surface area contributed by atoms with Crippen molar-refractivity contribution in [1.82, 2.24) is 0 Å². The molecule has 38 heavy (non-hydrogen) atoms. The predicted octanol–water partition coefficient (Wildman–Crippen LogP) is 5.88. The summed E-state index contributed by atoms with van der Waals surface area (Å²) < 4.78 is 23.8. The first-order valence-corrected chi connectivity index (χ1v) is 16.4. The molecule has 220 valence electrons. The van der Waals surface area contributed by atoms with Gasteiger partial charge in [-0.1, -0.05) is 128 Å². The number of hydrogen-bond acceptors (Lipinski definition) is 6. The molecular formula is C29H55BNO6P. The molecule has 0 saturated carbocycles. The lowest BCUT2D eigenvalue weighted by molar-refractivity contribution is -0.870. The SMILES string of the molecule is CCCCCCCCCCCCCCCCCC(OP(=O)([O-])OCC[N+](C)(C)C)c1ccc(B(O)O)cc1.